The average Bonchev–Trinajstić information content (AvgIpc) is 2.23. The van der Waals surface area contributed by atoms with E-state index in [2.05, 4.69) is 0 Å². The van der Waals surface area contributed by atoms with Gasteiger partial charge in [0.05, 0.1) is 11.1 Å². The Balaban J connectivity index is 3.21. The van der Waals surface area contributed by atoms with Crippen molar-refractivity contribution in [2.45, 2.75) is 12.5 Å². The minimum absolute atomic E-state index is 0.343. The van der Waals surface area contributed by atoms with Crippen molar-refractivity contribution in [2.75, 3.05) is 0 Å². The lowest BCUT2D eigenvalue weighted by Crippen LogP contribution is -2.28. The summed E-state index contributed by atoms with van der Waals surface area (Å²) in [7, 11) is 0. The normalized spacial score (nSPS) is 11.9. The number of benzene rings is 1. The molecule has 1 atom stereocenters. The third-order valence-corrected chi connectivity index (χ3v) is 2.35. The van der Waals surface area contributed by atoms with Crippen LogP contribution in [-0.2, 0) is 4.79 Å². The van der Waals surface area contributed by atoms with Crippen LogP contribution in [0, 0.1) is 11.6 Å². The number of hydrogen-bond donors (Lipinski definition) is 2. The first kappa shape index (κ1) is 13.4. The van der Waals surface area contributed by atoms with Crippen molar-refractivity contribution < 1.29 is 23.5 Å². The van der Waals surface area contributed by atoms with Crippen LogP contribution in [0.15, 0.2) is 12.1 Å². The monoisotopic (exact) mass is 263 g/mol. The minimum atomic E-state index is -1.49. The molecule has 0 aromatic heterocycles. The SMILES string of the molecule is O=CCC(NC(=O)O)c1c(F)ccc(Cl)c1F. The van der Waals surface area contributed by atoms with Gasteiger partial charge in [0.15, 0.2) is 0 Å². The molecule has 4 nitrogen and oxygen atoms in total. The van der Waals surface area contributed by atoms with Gasteiger partial charge in [-0.05, 0) is 12.1 Å². The fourth-order valence-corrected chi connectivity index (χ4v) is 1.52. The third-order valence-electron chi connectivity index (χ3n) is 2.06. The lowest BCUT2D eigenvalue weighted by Gasteiger charge is -2.16. The number of carboxylic acid groups (broad SMARTS) is 1. The Kier molecular flexibility index (Phi) is 4.39. The van der Waals surface area contributed by atoms with E-state index < -0.39 is 29.3 Å². The molecule has 92 valence electrons. The molecule has 0 saturated heterocycles. The topological polar surface area (TPSA) is 66.4 Å². The highest BCUT2D eigenvalue weighted by atomic mass is 35.5. The Hall–Kier alpha value is -1.69. The van der Waals surface area contributed by atoms with Crippen molar-refractivity contribution in [1.29, 1.82) is 0 Å². The van der Waals surface area contributed by atoms with Crippen molar-refractivity contribution >= 4 is 24.0 Å². The van der Waals surface area contributed by atoms with E-state index in [1.54, 1.807) is 0 Å². The Labute approximate surface area is 100 Å². The van der Waals surface area contributed by atoms with Crippen LogP contribution in [0.5, 0.6) is 0 Å². The summed E-state index contributed by atoms with van der Waals surface area (Å²) < 4.78 is 27.0. The van der Waals surface area contributed by atoms with Crippen LogP contribution < -0.4 is 5.32 Å². The Bertz CT molecular complexity index is 453. The fraction of sp³-hybridized carbons (Fsp3) is 0.200. The molecule has 0 aliphatic rings. The van der Waals surface area contributed by atoms with E-state index in [9.17, 15) is 18.4 Å². The number of rotatable bonds is 4. The van der Waals surface area contributed by atoms with E-state index in [1.165, 1.54) is 0 Å². The third kappa shape index (κ3) is 3.13. The summed E-state index contributed by atoms with van der Waals surface area (Å²) in [5, 5.41) is 10.0. The molecule has 0 aliphatic carbocycles. The number of carbonyl (C=O) groups excluding carboxylic acids is 1. The molecule has 1 rings (SSSR count). The Morgan fingerprint density at radius 3 is 2.71 bits per heavy atom. The minimum Gasteiger partial charge on any atom is -0.465 e. The predicted octanol–water partition coefficient (Wildman–Crippen LogP) is 2.52. The molecule has 0 radical (unpaired) electrons. The quantitative estimate of drug-likeness (QED) is 0.648. The van der Waals surface area contributed by atoms with Gasteiger partial charge in [-0.3, -0.25) is 0 Å². The van der Waals surface area contributed by atoms with Gasteiger partial charge in [-0.2, -0.15) is 0 Å². The maximum Gasteiger partial charge on any atom is 0.405 e. The number of nitrogens with one attached hydrogen (secondary N) is 1. The van der Waals surface area contributed by atoms with Crippen molar-refractivity contribution in [3.05, 3.63) is 34.4 Å². The zero-order chi connectivity index (χ0) is 13.0. The summed E-state index contributed by atoms with van der Waals surface area (Å²) >= 11 is 5.46. The highest BCUT2D eigenvalue weighted by molar-refractivity contribution is 6.30. The number of aldehydes is 1. The Morgan fingerprint density at radius 2 is 2.18 bits per heavy atom. The number of amides is 1. The highest BCUT2D eigenvalue weighted by Crippen LogP contribution is 2.27. The molecule has 17 heavy (non-hydrogen) atoms. The largest absolute Gasteiger partial charge is 0.465 e. The molecule has 1 amide bonds. The summed E-state index contributed by atoms with van der Waals surface area (Å²) in [4.78, 5) is 20.8. The van der Waals surface area contributed by atoms with Crippen molar-refractivity contribution in [2.24, 2.45) is 0 Å². The lowest BCUT2D eigenvalue weighted by molar-refractivity contribution is -0.108. The van der Waals surface area contributed by atoms with Crippen LogP contribution in [0.3, 0.4) is 0 Å². The van der Waals surface area contributed by atoms with Gasteiger partial charge in [0.25, 0.3) is 0 Å². The summed E-state index contributed by atoms with van der Waals surface area (Å²) in [5.41, 5.74) is -0.563. The second-order valence-corrected chi connectivity index (χ2v) is 3.57. The Morgan fingerprint density at radius 1 is 1.53 bits per heavy atom. The molecule has 1 aromatic rings. The van der Waals surface area contributed by atoms with Crippen LogP contribution in [-0.4, -0.2) is 17.5 Å². The fourth-order valence-electron chi connectivity index (χ4n) is 1.36. The molecule has 0 heterocycles. The first-order valence-corrected chi connectivity index (χ1v) is 4.91. The lowest BCUT2D eigenvalue weighted by atomic mass is 10.0. The van der Waals surface area contributed by atoms with Gasteiger partial charge in [0, 0.05) is 12.0 Å². The maximum absolute atomic E-state index is 13.6. The molecule has 0 saturated carbocycles. The van der Waals surface area contributed by atoms with Crippen molar-refractivity contribution in [3.63, 3.8) is 0 Å². The van der Waals surface area contributed by atoms with Gasteiger partial charge in [-0.25, -0.2) is 13.6 Å². The van der Waals surface area contributed by atoms with E-state index in [4.69, 9.17) is 16.7 Å². The zero-order valence-electron chi connectivity index (χ0n) is 8.41. The zero-order valence-corrected chi connectivity index (χ0v) is 9.17. The maximum atomic E-state index is 13.6. The molecule has 7 heteroatoms. The molecular weight excluding hydrogens is 256 g/mol. The molecule has 0 bridgehead atoms. The number of carbonyl (C=O) groups is 2. The van der Waals surface area contributed by atoms with Gasteiger partial charge in [-0.15, -0.1) is 0 Å². The van der Waals surface area contributed by atoms with Crippen LogP contribution in [0.2, 0.25) is 5.02 Å². The molecular formula is C10H8ClF2NO3. The van der Waals surface area contributed by atoms with Gasteiger partial charge in [0.2, 0.25) is 0 Å². The van der Waals surface area contributed by atoms with E-state index in [-0.39, 0.29) is 11.4 Å². The molecule has 0 fully saturated rings. The second kappa shape index (κ2) is 5.58. The number of halogens is 3. The molecule has 1 unspecified atom stereocenters. The molecule has 2 N–H and O–H groups in total. The summed E-state index contributed by atoms with van der Waals surface area (Å²) in [5.74, 6) is -2.04. The van der Waals surface area contributed by atoms with Crippen molar-refractivity contribution in [3.8, 4) is 0 Å². The summed E-state index contributed by atoms with van der Waals surface area (Å²) in [6.07, 6.45) is -1.52. The second-order valence-electron chi connectivity index (χ2n) is 3.16. The first-order valence-electron chi connectivity index (χ1n) is 4.53. The molecule has 0 spiro atoms. The van der Waals surface area contributed by atoms with Gasteiger partial charge in [0.1, 0.15) is 17.9 Å². The summed E-state index contributed by atoms with van der Waals surface area (Å²) in [6.45, 7) is 0. The summed E-state index contributed by atoms with van der Waals surface area (Å²) in [6, 6.07) is 0.611. The van der Waals surface area contributed by atoms with E-state index in [0.717, 1.165) is 12.1 Å². The van der Waals surface area contributed by atoms with Crippen LogP contribution >= 0.6 is 11.6 Å². The molecule has 1 aromatic carbocycles. The number of hydrogen-bond acceptors (Lipinski definition) is 2. The van der Waals surface area contributed by atoms with E-state index in [1.807, 2.05) is 5.32 Å². The van der Waals surface area contributed by atoms with Gasteiger partial charge < -0.3 is 15.2 Å². The predicted molar refractivity (Wildman–Crippen MR) is 56.0 cm³/mol. The molecule has 0 aliphatic heterocycles. The van der Waals surface area contributed by atoms with Gasteiger partial charge in [-0.1, -0.05) is 11.6 Å². The van der Waals surface area contributed by atoms with Crippen molar-refractivity contribution in [1.82, 2.24) is 5.32 Å². The standard InChI is InChI=1S/C10H8ClF2NO3/c11-5-1-2-6(12)8(9(5)13)7(3-4-15)14-10(16)17/h1-2,4,7,14H,3H2,(H,16,17). The van der Waals surface area contributed by atoms with E-state index in [0.29, 0.717) is 6.29 Å². The first-order chi connectivity index (χ1) is 7.97. The van der Waals surface area contributed by atoms with Crippen LogP contribution in [0.4, 0.5) is 13.6 Å². The van der Waals surface area contributed by atoms with E-state index >= 15 is 0 Å². The van der Waals surface area contributed by atoms with Crippen LogP contribution in [0.1, 0.15) is 18.0 Å². The highest BCUT2D eigenvalue weighted by Gasteiger charge is 2.23. The van der Waals surface area contributed by atoms with Gasteiger partial charge >= 0.3 is 6.09 Å². The van der Waals surface area contributed by atoms with Crippen LogP contribution in [0.25, 0.3) is 0 Å². The smallest absolute Gasteiger partial charge is 0.405 e. The average molecular weight is 264 g/mol.